The van der Waals surface area contributed by atoms with Gasteiger partial charge in [0, 0.05) is 37.6 Å². The van der Waals surface area contributed by atoms with Crippen molar-refractivity contribution in [1.29, 1.82) is 0 Å². The van der Waals surface area contributed by atoms with E-state index < -0.39 is 0 Å². The number of rotatable bonds is 7. The van der Waals surface area contributed by atoms with Gasteiger partial charge in [0.15, 0.2) is 0 Å². The molecule has 1 saturated heterocycles. The van der Waals surface area contributed by atoms with Crippen LogP contribution in [0, 0.1) is 0 Å². The van der Waals surface area contributed by atoms with Crippen LogP contribution in [0.5, 0.6) is 0 Å². The minimum atomic E-state index is 0.197. The van der Waals surface area contributed by atoms with Crippen LogP contribution in [0.25, 0.3) is 0 Å². The first kappa shape index (κ1) is 14.4. The maximum atomic E-state index is 9.08. The fourth-order valence-electron chi connectivity index (χ4n) is 2.31. The number of nitrogens with zero attached hydrogens (tertiary/aromatic N) is 3. The van der Waals surface area contributed by atoms with E-state index >= 15 is 0 Å². The molecule has 2 N–H and O–H groups in total. The van der Waals surface area contributed by atoms with Crippen LogP contribution in [-0.2, 0) is 0 Å². The molecule has 1 aromatic rings. The van der Waals surface area contributed by atoms with Gasteiger partial charge in [0.05, 0.1) is 0 Å². The van der Waals surface area contributed by atoms with Gasteiger partial charge in [-0.25, -0.2) is 9.97 Å². The lowest BCUT2D eigenvalue weighted by molar-refractivity contribution is 0.282. The van der Waals surface area contributed by atoms with Gasteiger partial charge >= 0.3 is 0 Å². The topological polar surface area (TPSA) is 61.3 Å². The van der Waals surface area contributed by atoms with Crippen molar-refractivity contribution in [3.63, 3.8) is 0 Å². The SMILES string of the molecule is CSC[C@@H](CCO)Nc1cc(N2CCCC2)ncn1. The highest BCUT2D eigenvalue weighted by Crippen LogP contribution is 2.20. The molecule has 0 amide bonds. The van der Waals surface area contributed by atoms with Crippen molar-refractivity contribution in [2.45, 2.75) is 25.3 Å². The number of aliphatic hydroxyl groups excluding tert-OH is 1. The lowest BCUT2D eigenvalue weighted by Gasteiger charge is -2.20. The van der Waals surface area contributed by atoms with Crippen molar-refractivity contribution >= 4 is 23.4 Å². The number of anilines is 2. The second-order valence-electron chi connectivity index (χ2n) is 4.76. The first-order chi connectivity index (χ1) is 9.33. The van der Waals surface area contributed by atoms with Gasteiger partial charge in [-0.1, -0.05) is 0 Å². The van der Waals surface area contributed by atoms with Crippen molar-refractivity contribution in [2.75, 3.05) is 41.9 Å². The summed E-state index contributed by atoms with van der Waals surface area (Å²) >= 11 is 1.77. The molecule has 0 spiro atoms. The second-order valence-corrected chi connectivity index (χ2v) is 5.68. The molecule has 0 unspecified atom stereocenters. The molecule has 1 aromatic heterocycles. The van der Waals surface area contributed by atoms with Gasteiger partial charge in [0.25, 0.3) is 0 Å². The average molecular weight is 282 g/mol. The summed E-state index contributed by atoms with van der Waals surface area (Å²) in [4.78, 5) is 10.9. The molecule has 2 heterocycles. The van der Waals surface area contributed by atoms with Gasteiger partial charge in [-0.05, 0) is 25.5 Å². The van der Waals surface area contributed by atoms with Gasteiger partial charge in [-0.15, -0.1) is 0 Å². The van der Waals surface area contributed by atoms with E-state index in [1.54, 1.807) is 18.1 Å². The molecule has 106 valence electrons. The van der Waals surface area contributed by atoms with Gasteiger partial charge < -0.3 is 15.3 Å². The van der Waals surface area contributed by atoms with E-state index in [9.17, 15) is 0 Å². The molecular weight excluding hydrogens is 260 g/mol. The third-order valence-electron chi connectivity index (χ3n) is 3.28. The smallest absolute Gasteiger partial charge is 0.134 e. The molecular formula is C13H22N4OS. The van der Waals surface area contributed by atoms with Crippen LogP contribution in [0.15, 0.2) is 12.4 Å². The molecule has 0 saturated carbocycles. The molecule has 0 aliphatic carbocycles. The van der Waals surface area contributed by atoms with Gasteiger partial charge in [0.1, 0.15) is 18.0 Å². The quantitative estimate of drug-likeness (QED) is 0.792. The Morgan fingerprint density at radius 1 is 1.42 bits per heavy atom. The van der Waals surface area contributed by atoms with Gasteiger partial charge in [0.2, 0.25) is 0 Å². The van der Waals surface area contributed by atoms with Crippen LogP contribution in [0.3, 0.4) is 0 Å². The van der Waals surface area contributed by atoms with E-state index in [4.69, 9.17) is 5.11 Å². The summed E-state index contributed by atoms with van der Waals surface area (Å²) in [5.74, 6) is 2.81. The van der Waals surface area contributed by atoms with Crippen molar-refractivity contribution in [3.05, 3.63) is 12.4 Å². The second kappa shape index (κ2) is 7.55. The minimum absolute atomic E-state index is 0.197. The summed E-state index contributed by atoms with van der Waals surface area (Å²) in [6.07, 6.45) is 6.91. The third kappa shape index (κ3) is 4.24. The molecule has 1 aliphatic heterocycles. The Balaban J connectivity index is 2.00. The predicted octanol–water partition coefficient (Wildman–Crippen LogP) is 1.60. The first-order valence-electron chi connectivity index (χ1n) is 6.77. The molecule has 0 radical (unpaired) electrons. The van der Waals surface area contributed by atoms with Crippen molar-refractivity contribution < 1.29 is 5.11 Å². The highest BCUT2D eigenvalue weighted by molar-refractivity contribution is 7.98. The first-order valence-corrected chi connectivity index (χ1v) is 8.16. The van der Waals surface area contributed by atoms with Crippen LogP contribution in [0.2, 0.25) is 0 Å². The Bertz CT molecular complexity index is 379. The van der Waals surface area contributed by atoms with E-state index in [1.807, 2.05) is 6.07 Å². The lowest BCUT2D eigenvalue weighted by atomic mass is 10.2. The number of thioether (sulfide) groups is 1. The molecule has 1 atom stereocenters. The maximum Gasteiger partial charge on any atom is 0.134 e. The molecule has 0 bridgehead atoms. The van der Waals surface area contributed by atoms with Crippen LogP contribution in [0.1, 0.15) is 19.3 Å². The zero-order valence-corrected chi connectivity index (χ0v) is 12.2. The van der Waals surface area contributed by atoms with Gasteiger partial charge in [-0.3, -0.25) is 0 Å². The number of aromatic nitrogens is 2. The Labute approximate surface area is 118 Å². The highest BCUT2D eigenvalue weighted by Gasteiger charge is 2.15. The molecule has 0 aromatic carbocycles. The van der Waals surface area contributed by atoms with Crippen LogP contribution in [-0.4, -0.2) is 52.8 Å². The molecule has 2 rings (SSSR count). The number of hydrogen-bond donors (Lipinski definition) is 2. The Hall–Kier alpha value is -1.01. The van der Waals surface area contributed by atoms with E-state index in [-0.39, 0.29) is 12.6 Å². The molecule has 6 heteroatoms. The highest BCUT2D eigenvalue weighted by atomic mass is 32.2. The summed E-state index contributed by atoms with van der Waals surface area (Å²) < 4.78 is 0. The van der Waals surface area contributed by atoms with Crippen LogP contribution in [0.4, 0.5) is 11.6 Å². The Morgan fingerprint density at radius 2 is 2.21 bits per heavy atom. The predicted molar refractivity (Wildman–Crippen MR) is 81.0 cm³/mol. The summed E-state index contributed by atoms with van der Waals surface area (Å²) in [5.41, 5.74) is 0. The largest absolute Gasteiger partial charge is 0.396 e. The van der Waals surface area contributed by atoms with Crippen LogP contribution >= 0.6 is 11.8 Å². The monoisotopic (exact) mass is 282 g/mol. The maximum absolute atomic E-state index is 9.08. The Kier molecular flexibility index (Phi) is 5.72. The molecule has 5 nitrogen and oxygen atoms in total. The number of hydrogen-bond acceptors (Lipinski definition) is 6. The van der Waals surface area contributed by atoms with Crippen molar-refractivity contribution in [2.24, 2.45) is 0 Å². The molecule has 19 heavy (non-hydrogen) atoms. The summed E-state index contributed by atoms with van der Waals surface area (Å²) in [6.45, 7) is 2.37. The zero-order valence-electron chi connectivity index (χ0n) is 11.4. The van der Waals surface area contributed by atoms with Gasteiger partial charge in [-0.2, -0.15) is 11.8 Å². The average Bonchev–Trinajstić information content (AvgIpc) is 2.93. The standard InChI is InChI=1S/C13H22N4OS/c1-19-9-11(4-7-18)16-12-8-13(15-10-14-12)17-5-2-3-6-17/h8,10-11,18H,2-7,9H2,1H3,(H,14,15,16)/t11-/m1/s1. The van der Waals surface area contributed by atoms with Crippen molar-refractivity contribution in [1.82, 2.24) is 9.97 Å². The fourth-order valence-corrected chi connectivity index (χ4v) is 2.96. The van der Waals surface area contributed by atoms with Crippen LogP contribution < -0.4 is 10.2 Å². The fraction of sp³-hybridized carbons (Fsp3) is 0.692. The number of aliphatic hydroxyl groups is 1. The number of nitrogens with one attached hydrogen (secondary N) is 1. The van der Waals surface area contributed by atoms with E-state index in [2.05, 4.69) is 26.4 Å². The molecule has 1 aliphatic rings. The zero-order chi connectivity index (χ0) is 13.5. The normalized spacial score (nSPS) is 16.6. The van der Waals surface area contributed by atoms with Crippen molar-refractivity contribution in [3.8, 4) is 0 Å². The Morgan fingerprint density at radius 3 is 2.89 bits per heavy atom. The summed E-state index contributed by atoms with van der Waals surface area (Å²) in [6, 6.07) is 2.26. The van der Waals surface area contributed by atoms with E-state index in [1.165, 1.54) is 12.8 Å². The summed E-state index contributed by atoms with van der Waals surface area (Å²) in [5, 5.41) is 12.5. The van der Waals surface area contributed by atoms with E-state index in [0.29, 0.717) is 0 Å². The van der Waals surface area contributed by atoms with E-state index in [0.717, 1.165) is 36.9 Å². The molecule has 1 fully saturated rings. The minimum Gasteiger partial charge on any atom is -0.396 e. The summed E-state index contributed by atoms with van der Waals surface area (Å²) in [7, 11) is 0. The lowest BCUT2D eigenvalue weighted by Crippen LogP contribution is -2.25. The third-order valence-corrected chi connectivity index (χ3v) is 4.02.